The zero-order valence-corrected chi connectivity index (χ0v) is 21.4. The zero-order chi connectivity index (χ0) is 24.5. The number of thioether (sulfide) groups is 1. The van der Waals surface area contributed by atoms with Crippen LogP contribution in [0.5, 0.6) is 11.5 Å². The van der Waals surface area contributed by atoms with Crippen LogP contribution in [0.1, 0.15) is 11.1 Å². The molecule has 0 aliphatic heterocycles. The van der Waals surface area contributed by atoms with Crippen molar-refractivity contribution in [2.45, 2.75) is 17.9 Å². The number of nitrogens with zero attached hydrogens (tertiary/aromatic N) is 1. The third-order valence-corrected chi connectivity index (χ3v) is 6.96. The summed E-state index contributed by atoms with van der Waals surface area (Å²) in [4.78, 5) is 16.2. The minimum absolute atomic E-state index is 0.0679. The maximum absolute atomic E-state index is 13.3. The number of amides is 1. The summed E-state index contributed by atoms with van der Waals surface area (Å²) in [6.45, 7) is 1.02. The van der Waals surface area contributed by atoms with Gasteiger partial charge in [0.2, 0.25) is 5.91 Å². The number of ether oxygens (including phenoxy) is 1. The van der Waals surface area contributed by atoms with Crippen LogP contribution in [-0.4, -0.2) is 23.1 Å². The summed E-state index contributed by atoms with van der Waals surface area (Å²) in [6.07, 6.45) is 0.637. The van der Waals surface area contributed by atoms with Gasteiger partial charge in [-0.3, -0.25) is 4.79 Å². The topological polar surface area (TPSA) is 29.5 Å². The number of benzene rings is 4. The molecular weight excluding hydrogens is 497 g/mol. The average Bonchev–Trinajstić information content (AvgIpc) is 2.87. The van der Waals surface area contributed by atoms with E-state index in [4.69, 9.17) is 27.9 Å². The Hall–Kier alpha value is -2.92. The van der Waals surface area contributed by atoms with Gasteiger partial charge in [-0.25, -0.2) is 0 Å². The Kier molecular flexibility index (Phi) is 9.13. The van der Waals surface area contributed by atoms with Gasteiger partial charge in [0.25, 0.3) is 0 Å². The van der Waals surface area contributed by atoms with Crippen molar-refractivity contribution in [2.24, 2.45) is 0 Å². The molecule has 0 aliphatic rings. The Morgan fingerprint density at radius 1 is 0.800 bits per heavy atom. The van der Waals surface area contributed by atoms with Gasteiger partial charge < -0.3 is 9.64 Å². The Bertz CT molecular complexity index is 1250. The van der Waals surface area contributed by atoms with E-state index in [1.807, 2.05) is 102 Å². The van der Waals surface area contributed by atoms with Crippen molar-refractivity contribution in [3.8, 4) is 11.5 Å². The van der Waals surface area contributed by atoms with E-state index < -0.39 is 0 Å². The van der Waals surface area contributed by atoms with Gasteiger partial charge in [0, 0.05) is 28.0 Å². The molecule has 0 saturated heterocycles. The van der Waals surface area contributed by atoms with E-state index in [9.17, 15) is 4.79 Å². The highest BCUT2D eigenvalue weighted by Gasteiger charge is 2.16. The highest BCUT2D eigenvalue weighted by atomic mass is 35.5. The molecule has 0 atom stereocenters. The lowest BCUT2D eigenvalue weighted by Crippen LogP contribution is -2.33. The summed E-state index contributed by atoms with van der Waals surface area (Å²) >= 11 is 14.0. The lowest BCUT2D eigenvalue weighted by molar-refractivity contribution is -0.128. The van der Waals surface area contributed by atoms with Gasteiger partial charge in [-0.2, -0.15) is 0 Å². The first-order valence-electron chi connectivity index (χ1n) is 11.3. The van der Waals surface area contributed by atoms with Crippen molar-refractivity contribution in [3.63, 3.8) is 0 Å². The standard InChI is InChI=1S/C29H25Cl2NO2S/c30-24-15-14-23(28(31)19-24)16-17-32(29(33)21-35-27-12-5-2-6-13-27)20-22-8-7-11-26(18-22)34-25-9-3-1-4-10-25/h1-15,18-19H,16-17,20-21H2. The molecule has 0 spiro atoms. The van der Waals surface area contributed by atoms with Gasteiger partial charge >= 0.3 is 0 Å². The SMILES string of the molecule is O=C(CSc1ccccc1)N(CCc1ccc(Cl)cc1Cl)Cc1cccc(Oc2ccccc2)c1. The van der Waals surface area contributed by atoms with E-state index in [0.717, 1.165) is 27.5 Å². The molecule has 0 radical (unpaired) electrons. The lowest BCUT2D eigenvalue weighted by Gasteiger charge is -2.23. The van der Waals surface area contributed by atoms with Gasteiger partial charge in [0.1, 0.15) is 11.5 Å². The summed E-state index contributed by atoms with van der Waals surface area (Å²) in [5.74, 6) is 1.94. The first-order chi connectivity index (χ1) is 17.1. The molecule has 0 aromatic heterocycles. The van der Waals surface area contributed by atoms with E-state index in [2.05, 4.69) is 0 Å². The van der Waals surface area contributed by atoms with Crippen LogP contribution >= 0.6 is 35.0 Å². The quantitative estimate of drug-likeness (QED) is 0.197. The van der Waals surface area contributed by atoms with Crippen LogP contribution in [0.3, 0.4) is 0 Å². The lowest BCUT2D eigenvalue weighted by atomic mass is 10.1. The Labute approximate surface area is 220 Å². The van der Waals surface area contributed by atoms with Crippen LogP contribution in [0.2, 0.25) is 10.0 Å². The van der Waals surface area contributed by atoms with Gasteiger partial charge in [0.15, 0.2) is 0 Å². The highest BCUT2D eigenvalue weighted by molar-refractivity contribution is 8.00. The van der Waals surface area contributed by atoms with E-state index in [1.54, 1.807) is 6.07 Å². The molecule has 0 fully saturated rings. The first kappa shape index (κ1) is 25.2. The molecule has 0 aliphatic carbocycles. The summed E-state index contributed by atoms with van der Waals surface area (Å²) in [6, 6.07) is 32.9. The van der Waals surface area contributed by atoms with Crippen molar-refractivity contribution < 1.29 is 9.53 Å². The van der Waals surface area contributed by atoms with Gasteiger partial charge in [-0.1, -0.05) is 77.8 Å². The normalized spacial score (nSPS) is 10.7. The molecule has 1 amide bonds. The molecule has 178 valence electrons. The molecule has 35 heavy (non-hydrogen) atoms. The number of halogens is 2. The summed E-state index contributed by atoms with van der Waals surface area (Å²) in [7, 11) is 0. The van der Waals surface area contributed by atoms with Crippen molar-refractivity contribution in [1.82, 2.24) is 4.90 Å². The zero-order valence-electron chi connectivity index (χ0n) is 19.1. The molecule has 0 bridgehead atoms. The maximum atomic E-state index is 13.3. The van der Waals surface area contributed by atoms with Crippen molar-refractivity contribution in [3.05, 3.63) is 124 Å². The van der Waals surface area contributed by atoms with Crippen LogP contribution < -0.4 is 4.74 Å². The molecule has 0 N–H and O–H groups in total. The van der Waals surface area contributed by atoms with Crippen LogP contribution in [0.25, 0.3) is 0 Å². The van der Waals surface area contributed by atoms with E-state index in [-0.39, 0.29) is 5.91 Å². The maximum Gasteiger partial charge on any atom is 0.233 e. The molecule has 4 rings (SSSR count). The number of hydrogen-bond donors (Lipinski definition) is 0. The summed E-state index contributed by atoms with van der Waals surface area (Å²) in [5.41, 5.74) is 1.96. The fourth-order valence-corrected chi connectivity index (χ4v) is 4.90. The predicted molar refractivity (Wildman–Crippen MR) is 146 cm³/mol. The molecule has 6 heteroatoms. The van der Waals surface area contributed by atoms with Crippen LogP contribution in [0, 0.1) is 0 Å². The number of carbonyl (C=O) groups is 1. The highest BCUT2D eigenvalue weighted by Crippen LogP contribution is 2.25. The summed E-state index contributed by atoms with van der Waals surface area (Å²) < 4.78 is 5.99. The smallest absolute Gasteiger partial charge is 0.233 e. The van der Waals surface area contributed by atoms with Gasteiger partial charge in [0.05, 0.1) is 5.75 Å². The number of para-hydroxylation sites is 1. The molecule has 0 saturated carbocycles. The Balaban J connectivity index is 1.47. The number of carbonyl (C=O) groups excluding carboxylic acids is 1. The van der Waals surface area contributed by atoms with Crippen LogP contribution in [0.15, 0.2) is 108 Å². The van der Waals surface area contributed by atoms with Crippen molar-refractivity contribution >= 4 is 40.9 Å². The Morgan fingerprint density at radius 3 is 2.26 bits per heavy atom. The average molecular weight is 522 g/mol. The van der Waals surface area contributed by atoms with E-state index in [1.165, 1.54) is 11.8 Å². The van der Waals surface area contributed by atoms with Crippen molar-refractivity contribution in [1.29, 1.82) is 0 Å². The molecule has 0 unspecified atom stereocenters. The number of rotatable bonds is 10. The molecular formula is C29H25Cl2NO2S. The van der Waals surface area contributed by atoms with E-state index in [0.29, 0.717) is 35.3 Å². The number of hydrogen-bond acceptors (Lipinski definition) is 3. The fourth-order valence-electron chi connectivity index (χ4n) is 3.58. The third-order valence-electron chi connectivity index (χ3n) is 5.38. The molecule has 3 nitrogen and oxygen atoms in total. The second-order valence-electron chi connectivity index (χ2n) is 7.97. The minimum Gasteiger partial charge on any atom is -0.457 e. The fraction of sp³-hybridized carbons (Fsp3) is 0.138. The molecule has 0 heterocycles. The van der Waals surface area contributed by atoms with E-state index >= 15 is 0 Å². The molecule has 4 aromatic rings. The summed E-state index contributed by atoms with van der Waals surface area (Å²) in [5, 5.41) is 1.21. The predicted octanol–water partition coefficient (Wildman–Crippen LogP) is 8.15. The van der Waals surface area contributed by atoms with Crippen LogP contribution in [-0.2, 0) is 17.8 Å². The molecule has 4 aromatic carbocycles. The second kappa shape index (κ2) is 12.7. The Morgan fingerprint density at radius 2 is 1.51 bits per heavy atom. The minimum atomic E-state index is 0.0679. The van der Waals surface area contributed by atoms with Gasteiger partial charge in [-0.15, -0.1) is 11.8 Å². The third kappa shape index (κ3) is 7.79. The first-order valence-corrected chi connectivity index (χ1v) is 13.0. The van der Waals surface area contributed by atoms with Gasteiger partial charge in [-0.05, 0) is 66.1 Å². The van der Waals surface area contributed by atoms with Crippen molar-refractivity contribution in [2.75, 3.05) is 12.3 Å². The van der Waals surface area contributed by atoms with Crippen LogP contribution in [0.4, 0.5) is 0 Å². The monoisotopic (exact) mass is 521 g/mol. The largest absolute Gasteiger partial charge is 0.457 e. The second-order valence-corrected chi connectivity index (χ2v) is 9.86.